The van der Waals surface area contributed by atoms with Crippen LogP contribution >= 0.6 is 11.6 Å². The molecule has 30 heavy (non-hydrogen) atoms. The Morgan fingerprint density at radius 1 is 1.00 bits per heavy atom. The van der Waals surface area contributed by atoms with Crippen LogP contribution in [-0.4, -0.2) is 16.5 Å². The zero-order valence-electron chi connectivity index (χ0n) is 15.9. The van der Waals surface area contributed by atoms with E-state index in [1.807, 2.05) is 12.1 Å². The molecule has 1 N–H and O–H groups in total. The normalized spacial score (nSPS) is 12.5. The minimum atomic E-state index is -4.38. The van der Waals surface area contributed by atoms with Crippen LogP contribution in [0.4, 0.5) is 23.4 Å². The molecule has 2 aromatic carbocycles. The summed E-state index contributed by atoms with van der Waals surface area (Å²) in [6, 6.07) is 11.7. The molecule has 0 radical (unpaired) electrons. The lowest BCUT2D eigenvalue weighted by Crippen LogP contribution is -2.08. The number of hydrogen-bond acceptors (Lipinski definition) is 4. The monoisotopic (exact) mass is 439 g/mol. The Labute approximate surface area is 175 Å². The predicted octanol–water partition coefficient (Wildman–Crippen LogP) is 6.63. The van der Waals surface area contributed by atoms with Crippen LogP contribution in [0.2, 0.25) is 5.02 Å². The van der Waals surface area contributed by atoms with Crippen molar-refractivity contribution in [3.05, 3.63) is 76.7 Å². The minimum Gasteiger partial charge on any atom is -0.457 e. The van der Waals surface area contributed by atoms with Crippen LogP contribution in [0.15, 0.2) is 54.9 Å². The predicted molar refractivity (Wildman–Crippen MR) is 107 cm³/mol. The summed E-state index contributed by atoms with van der Waals surface area (Å²) in [4.78, 5) is 7.86. The van der Waals surface area contributed by atoms with Crippen LogP contribution in [-0.2, 0) is 12.6 Å². The summed E-state index contributed by atoms with van der Waals surface area (Å²) in [6.07, 6.45) is -3.78. The van der Waals surface area contributed by atoms with Crippen LogP contribution in [0.1, 0.15) is 29.9 Å². The van der Waals surface area contributed by atoms with Gasteiger partial charge in [-0.25, -0.2) is 14.4 Å². The van der Waals surface area contributed by atoms with Gasteiger partial charge in [0.15, 0.2) is 0 Å². The minimum absolute atomic E-state index is 0.138. The second kappa shape index (κ2) is 9.30. The molecule has 0 aliphatic rings. The fourth-order valence-electron chi connectivity index (χ4n) is 2.68. The Kier molecular flexibility index (Phi) is 6.77. The fourth-order valence-corrected chi connectivity index (χ4v) is 3.00. The average molecular weight is 440 g/mol. The number of hydrogen-bond donors (Lipinski definition) is 1. The van der Waals surface area contributed by atoms with Gasteiger partial charge in [0, 0.05) is 6.54 Å². The summed E-state index contributed by atoms with van der Waals surface area (Å²) in [7, 11) is 0. The van der Waals surface area contributed by atoms with Crippen molar-refractivity contribution in [2.45, 2.75) is 25.7 Å². The van der Waals surface area contributed by atoms with Gasteiger partial charge in [-0.3, -0.25) is 0 Å². The molecule has 4 nitrogen and oxygen atoms in total. The molecule has 1 heterocycles. The molecule has 0 saturated carbocycles. The fraction of sp³-hybridized carbons (Fsp3) is 0.238. The molecule has 1 unspecified atom stereocenters. The lowest BCUT2D eigenvalue weighted by molar-refractivity contribution is -0.137. The quantitative estimate of drug-likeness (QED) is 0.420. The summed E-state index contributed by atoms with van der Waals surface area (Å²) in [5.41, 5.74) is 0.403. The van der Waals surface area contributed by atoms with Crippen LogP contribution in [0.3, 0.4) is 0 Å². The van der Waals surface area contributed by atoms with Crippen molar-refractivity contribution in [3.63, 3.8) is 0 Å². The largest absolute Gasteiger partial charge is 0.457 e. The van der Waals surface area contributed by atoms with Gasteiger partial charge in [-0.05, 0) is 55.3 Å². The molecule has 0 bridgehead atoms. The van der Waals surface area contributed by atoms with Crippen molar-refractivity contribution in [1.82, 2.24) is 9.97 Å². The third kappa shape index (κ3) is 5.60. The standard InChI is InChI=1S/C21H18ClF4N3O/c1-13(23)19-18(22)20(29-12-28-19)27-11-10-14-2-6-16(7-3-14)30-17-8-4-15(5-9-17)21(24,25)26/h2-9,12-13H,10-11H2,1H3,(H,27,28,29). The van der Waals surface area contributed by atoms with Crippen molar-refractivity contribution < 1.29 is 22.3 Å². The number of benzene rings is 2. The molecule has 3 rings (SSSR count). The van der Waals surface area contributed by atoms with Crippen molar-refractivity contribution >= 4 is 17.4 Å². The van der Waals surface area contributed by atoms with Crippen LogP contribution in [0.25, 0.3) is 0 Å². The van der Waals surface area contributed by atoms with E-state index >= 15 is 0 Å². The highest BCUT2D eigenvalue weighted by atomic mass is 35.5. The second-order valence-corrected chi connectivity index (χ2v) is 6.86. The Morgan fingerprint density at radius 3 is 2.17 bits per heavy atom. The van der Waals surface area contributed by atoms with E-state index < -0.39 is 17.9 Å². The molecule has 0 aliphatic carbocycles. The van der Waals surface area contributed by atoms with E-state index in [4.69, 9.17) is 16.3 Å². The highest BCUT2D eigenvalue weighted by Crippen LogP contribution is 2.31. The molecule has 0 saturated heterocycles. The summed E-state index contributed by atoms with van der Waals surface area (Å²) in [5.74, 6) is 1.19. The molecule has 0 fully saturated rings. The maximum Gasteiger partial charge on any atom is 0.416 e. The molecule has 9 heteroatoms. The molecule has 0 amide bonds. The zero-order chi connectivity index (χ0) is 21.7. The number of nitrogens with zero attached hydrogens (tertiary/aromatic N) is 2. The Hall–Kier alpha value is -2.87. The van der Waals surface area contributed by atoms with E-state index in [-0.39, 0.29) is 10.7 Å². The van der Waals surface area contributed by atoms with Gasteiger partial charge >= 0.3 is 6.18 Å². The van der Waals surface area contributed by atoms with Gasteiger partial charge in [0.1, 0.15) is 34.8 Å². The Morgan fingerprint density at radius 2 is 1.60 bits per heavy atom. The number of anilines is 1. The third-order valence-electron chi connectivity index (χ3n) is 4.24. The second-order valence-electron chi connectivity index (χ2n) is 6.48. The van der Waals surface area contributed by atoms with Gasteiger partial charge in [-0.1, -0.05) is 23.7 Å². The Balaban J connectivity index is 1.54. The van der Waals surface area contributed by atoms with Gasteiger partial charge in [0.2, 0.25) is 0 Å². The first-order valence-corrected chi connectivity index (χ1v) is 9.44. The summed E-state index contributed by atoms with van der Waals surface area (Å²) >= 11 is 6.11. The van der Waals surface area contributed by atoms with Gasteiger partial charge in [-0.15, -0.1) is 0 Å². The average Bonchev–Trinajstić information content (AvgIpc) is 2.70. The number of nitrogens with one attached hydrogen (secondary N) is 1. The van der Waals surface area contributed by atoms with Crippen LogP contribution in [0.5, 0.6) is 11.5 Å². The molecule has 0 aliphatic heterocycles. The van der Waals surface area contributed by atoms with Crippen molar-refractivity contribution in [1.29, 1.82) is 0 Å². The van der Waals surface area contributed by atoms with E-state index in [9.17, 15) is 17.6 Å². The molecular weight excluding hydrogens is 422 g/mol. The summed E-state index contributed by atoms with van der Waals surface area (Å²) in [6.45, 7) is 1.86. The Bertz CT molecular complexity index is 977. The molecule has 1 atom stereocenters. The zero-order valence-corrected chi connectivity index (χ0v) is 16.6. The van der Waals surface area contributed by atoms with E-state index in [1.54, 1.807) is 12.1 Å². The maximum atomic E-state index is 13.5. The van der Waals surface area contributed by atoms with Gasteiger partial charge in [0.25, 0.3) is 0 Å². The lowest BCUT2D eigenvalue weighted by atomic mass is 10.1. The van der Waals surface area contributed by atoms with Gasteiger partial charge in [-0.2, -0.15) is 13.2 Å². The van der Waals surface area contributed by atoms with Crippen molar-refractivity contribution in [2.24, 2.45) is 0 Å². The first-order chi connectivity index (χ1) is 14.2. The van der Waals surface area contributed by atoms with Gasteiger partial charge < -0.3 is 10.1 Å². The number of aromatic nitrogens is 2. The molecule has 0 spiro atoms. The van der Waals surface area contributed by atoms with Crippen molar-refractivity contribution in [3.8, 4) is 11.5 Å². The third-order valence-corrected chi connectivity index (χ3v) is 4.61. The molecular formula is C21H18ClF4N3O. The topological polar surface area (TPSA) is 47.0 Å². The molecule has 1 aromatic heterocycles. The van der Waals surface area contributed by atoms with E-state index in [0.717, 1.165) is 17.7 Å². The number of rotatable bonds is 7. The molecule has 3 aromatic rings. The number of ether oxygens (including phenoxy) is 1. The SMILES string of the molecule is CC(F)c1ncnc(NCCc2ccc(Oc3ccc(C(F)(F)F)cc3)cc2)c1Cl. The van der Waals surface area contributed by atoms with E-state index in [1.165, 1.54) is 25.4 Å². The molecule has 158 valence electrons. The highest BCUT2D eigenvalue weighted by molar-refractivity contribution is 6.33. The lowest BCUT2D eigenvalue weighted by Gasteiger charge is -2.11. The number of alkyl halides is 4. The summed E-state index contributed by atoms with van der Waals surface area (Å²) < 4.78 is 56.8. The van der Waals surface area contributed by atoms with Crippen LogP contribution in [0, 0.1) is 0 Å². The maximum absolute atomic E-state index is 13.5. The van der Waals surface area contributed by atoms with E-state index in [2.05, 4.69) is 15.3 Å². The summed E-state index contributed by atoms with van der Waals surface area (Å²) in [5, 5.41) is 3.22. The van der Waals surface area contributed by atoms with E-state index in [0.29, 0.717) is 30.3 Å². The number of halogens is 5. The first kappa shape index (κ1) is 21.8. The first-order valence-electron chi connectivity index (χ1n) is 9.06. The smallest absolute Gasteiger partial charge is 0.416 e. The van der Waals surface area contributed by atoms with Gasteiger partial charge in [0.05, 0.1) is 11.3 Å². The van der Waals surface area contributed by atoms with Crippen LogP contribution < -0.4 is 10.1 Å². The van der Waals surface area contributed by atoms with Crippen molar-refractivity contribution in [2.75, 3.05) is 11.9 Å². The highest BCUT2D eigenvalue weighted by Gasteiger charge is 2.30.